The maximum atomic E-state index is 5.39. The van der Waals surface area contributed by atoms with Crippen molar-refractivity contribution in [3.63, 3.8) is 0 Å². The second-order valence-corrected chi connectivity index (χ2v) is 4.97. The number of ether oxygens (including phenoxy) is 1. The zero-order valence-corrected chi connectivity index (χ0v) is 10.9. The first-order valence-electron chi connectivity index (χ1n) is 6.52. The third-order valence-electron chi connectivity index (χ3n) is 3.64. The summed E-state index contributed by atoms with van der Waals surface area (Å²) in [5.74, 6) is 1.05. The van der Waals surface area contributed by atoms with Crippen LogP contribution in [0.15, 0.2) is 18.2 Å². The molecule has 3 rings (SSSR count). The quantitative estimate of drug-likeness (QED) is 0.882. The van der Waals surface area contributed by atoms with Crippen molar-refractivity contribution >= 4 is 11.0 Å². The first-order valence-corrected chi connectivity index (χ1v) is 6.52. The Kier molecular flexibility index (Phi) is 3.06. The van der Waals surface area contributed by atoms with E-state index in [2.05, 4.69) is 41.9 Å². The molecule has 1 aromatic heterocycles. The molecule has 2 heterocycles. The number of fused-ring (bicyclic) bond motifs is 1. The topological polar surface area (TPSA) is 41.2 Å². The maximum absolute atomic E-state index is 5.39. The number of aromatic amines is 1. The van der Waals surface area contributed by atoms with Crippen LogP contribution in [0.5, 0.6) is 0 Å². The second kappa shape index (κ2) is 4.71. The summed E-state index contributed by atoms with van der Waals surface area (Å²) in [5.41, 5.74) is 3.44. The molecule has 1 fully saturated rings. The third-order valence-corrected chi connectivity index (χ3v) is 3.64. The van der Waals surface area contributed by atoms with Crippen molar-refractivity contribution in [1.82, 2.24) is 14.9 Å². The normalized spacial score (nSPS) is 19.2. The van der Waals surface area contributed by atoms with Gasteiger partial charge in [0, 0.05) is 13.1 Å². The van der Waals surface area contributed by atoms with Gasteiger partial charge in [-0.1, -0.05) is 6.07 Å². The number of benzene rings is 1. The number of aromatic nitrogens is 2. The molecule has 0 spiro atoms. The number of hydrogen-bond acceptors (Lipinski definition) is 3. The van der Waals surface area contributed by atoms with Gasteiger partial charge >= 0.3 is 0 Å². The molecule has 96 valence electrons. The average Bonchev–Trinajstić information content (AvgIpc) is 2.81. The van der Waals surface area contributed by atoms with Crippen LogP contribution in [0.1, 0.15) is 24.4 Å². The van der Waals surface area contributed by atoms with Crippen LogP contribution >= 0.6 is 0 Å². The molecule has 1 aliphatic heterocycles. The van der Waals surface area contributed by atoms with Crippen molar-refractivity contribution in [2.45, 2.75) is 19.9 Å². The highest BCUT2D eigenvalue weighted by molar-refractivity contribution is 5.75. The lowest BCUT2D eigenvalue weighted by atomic mass is 10.2. The van der Waals surface area contributed by atoms with Gasteiger partial charge in [0.1, 0.15) is 5.82 Å². The van der Waals surface area contributed by atoms with Crippen LogP contribution in [0.25, 0.3) is 11.0 Å². The van der Waals surface area contributed by atoms with Gasteiger partial charge in [0.2, 0.25) is 0 Å². The van der Waals surface area contributed by atoms with Gasteiger partial charge in [-0.15, -0.1) is 0 Å². The summed E-state index contributed by atoms with van der Waals surface area (Å²) in [7, 11) is 0. The van der Waals surface area contributed by atoms with E-state index in [1.54, 1.807) is 0 Å². The number of morpholine rings is 1. The number of imidazole rings is 1. The van der Waals surface area contributed by atoms with Gasteiger partial charge in [0.25, 0.3) is 0 Å². The third kappa shape index (κ3) is 2.13. The fourth-order valence-corrected chi connectivity index (χ4v) is 2.48. The molecule has 1 aliphatic rings. The lowest BCUT2D eigenvalue weighted by Gasteiger charge is -2.31. The minimum Gasteiger partial charge on any atom is -0.379 e. The summed E-state index contributed by atoms with van der Waals surface area (Å²) < 4.78 is 5.39. The van der Waals surface area contributed by atoms with Crippen molar-refractivity contribution in [2.75, 3.05) is 26.3 Å². The van der Waals surface area contributed by atoms with Gasteiger partial charge in [-0.05, 0) is 31.5 Å². The van der Waals surface area contributed by atoms with Crippen molar-refractivity contribution in [2.24, 2.45) is 0 Å². The molecule has 0 amide bonds. The summed E-state index contributed by atoms with van der Waals surface area (Å²) in [6.45, 7) is 7.92. The number of hydrogen-bond donors (Lipinski definition) is 1. The average molecular weight is 245 g/mol. The Balaban J connectivity index is 1.88. The number of rotatable bonds is 2. The molecular weight excluding hydrogens is 226 g/mol. The Morgan fingerprint density at radius 1 is 1.33 bits per heavy atom. The zero-order chi connectivity index (χ0) is 12.5. The molecular formula is C14H19N3O. The SMILES string of the molecule is Cc1ccc2nc(C(C)N3CCOCC3)[nH]c2c1. The van der Waals surface area contributed by atoms with Crippen LogP contribution in [-0.2, 0) is 4.74 Å². The lowest BCUT2D eigenvalue weighted by molar-refractivity contribution is 0.0184. The fourth-order valence-electron chi connectivity index (χ4n) is 2.48. The van der Waals surface area contributed by atoms with Crippen LogP contribution < -0.4 is 0 Å². The fraction of sp³-hybridized carbons (Fsp3) is 0.500. The van der Waals surface area contributed by atoms with E-state index < -0.39 is 0 Å². The van der Waals surface area contributed by atoms with Crippen molar-refractivity contribution in [3.8, 4) is 0 Å². The van der Waals surface area contributed by atoms with Gasteiger partial charge in [-0.3, -0.25) is 4.90 Å². The largest absolute Gasteiger partial charge is 0.379 e. The van der Waals surface area contributed by atoms with E-state index in [1.165, 1.54) is 5.56 Å². The highest BCUT2D eigenvalue weighted by Crippen LogP contribution is 2.22. The summed E-state index contributed by atoms with van der Waals surface area (Å²) in [6.07, 6.45) is 0. The second-order valence-electron chi connectivity index (χ2n) is 4.97. The summed E-state index contributed by atoms with van der Waals surface area (Å²) >= 11 is 0. The van der Waals surface area contributed by atoms with Gasteiger partial charge in [-0.2, -0.15) is 0 Å². The number of aryl methyl sites for hydroxylation is 1. The first-order chi connectivity index (χ1) is 8.74. The smallest absolute Gasteiger partial charge is 0.124 e. The van der Waals surface area contributed by atoms with Crippen LogP contribution in [0.4, 0.5) is 0 Å². The monoisotopic (exact) mass is 245 g/mol. The Labute approximate surface area is 107 Å². The molecule has 2 aromatic rings. The molecule has 1 atom stereocenters. The standard InChI is InChI=1S/C14H19N3O/c1-10-3-4-12-13(9-10)16-14(15-12)11(2)17-5-7-18-8-6-17/h3-4,9,11H,5-8H2,1-2H3,(H,15,16). The minimum atomic E-state index is 0.321. The Bertz CT molecular complexity index is 543. The van der Waals surface area contributed by atoms with E-state index in [9.17, 15) is 0 Å². The number of H-pyrrole nitrogens is 1. The lowest BCUT2D eigenvalue weighted by Crippen LogP contribution is -2.38. The molecule has 0 radical (unpaired) electrons. The van der Waals surface area contributed by atoms with Crippen molar-refractivity contribution in [3.05, 3.63) is 29.6 Å². The van der Waals surface area contributed by atoms with Gasteiger partial charge < -0.3 is 9.72 Å². The zero-order valence-electron chi connectivity index (χ0n) is 10.9. The van der Waals surface area contributed by atoms with Crippen molar-refractivity contribution in [1.29, 1.82) is 0 Å². The minimum absolute atomic E-state index is 0.321. The highest BCUT2D eigenvalue weighted by atomic mass is 16.5. The predicted molar refractivity (Wildman–Crippen MR) is 71.6 cm³/mol. The summed E-state index contributed by atoms with van der Waals surface area (Å²) in [6, 6.07) is 6.66. The van der Waals surface area contributed by atoms with E-state index in [0.29, 0.717) is 6.04 Å². The molecule has 4 nitrogen and oxygen atoms in total. The maximum Gasteiger partial charge on any atom is 0.124 e. The number of nitrogens with one attached hydrogen (secondary N) is 1. The Morgan fingerprint density at radius 2 is 2.11 bits per heavy atom. The van der Waals surface area contributed by atoms with E-state index in [4.69, 9.17) is 9.72 Å². The van der Waals surface area contributed by atoms with Crippen LogP contribution in [0.2, 0.25) is 0 Å². The first kappa shape index (κ1) is 11.7. The van der Waals surface area contributed by atoms with Gasteiger partial charge in [0.05, 0.1) is 30.3 Å². The van der Waals surface area contributed by atoms with E-state index in [1.807, 2.05) is 0 Å². The van der Waals surface area contributed by atoms with Gasteiger partial charge in [0.15, 0.2) is 0 Å². The van der Waals surface area contributed by atoms with E-state index in [-0.39, 0.29) is 0 Å². The molecule has 1 aromatic carbocycles. The van der Waals surface area contributed by atoms with Crippen LogP contribution in [0.3, 0.4) is 0 Å². The Morgan fingerprint density at radius 3 is 2.89 bits per heavy atom. The summed E-state index contributed by atoms with van der Waals surface area (Å²) in [5, 5.41) is 0. The molecule has 0 aliphatic carbocycles. The number of nitrogens with zero attached hydrogens (tertiary/aromatic N) is 2. The molecule has 1 unspecified atom stereocenters. The van der Waals surface area contributed by atoms with Crippen LogP contribution in [0, 0.1) is 6.92 Å². The van der Waals surface area contributed by atoms with Crippen LogP contribution in [-0.4, -0.2) is 41.2 Å². The molecule has 18 heavy (non-hydrogen) atoms. The molecule has 0 bridgehead atoms. The predicted octanol–water partition coefficient (Wildman–Crippen LogP) is 2.26. The molecule has 0 saturated carbocycles. The van der Waals surface area contributed by atoms with E-state index in [0.717, 1.165) is 43.2 Å². The van der Waals surface area contributed by atoms with E-state index >= 15 is 0 Å². The molecule has 4 heteroatoms. The van der Waals surface area contributed by atoms with Crippen molar-refractivity contribution < 1.29 is 4.74 Å². The molecule has 1 N–H and O–H groups in total. The summed E-state index contributed by atoms with van der Waals surface area (Å²) in [4.78, 5) is 10.5. The highest BCUT2D eigenvalue weighted by Gasteiger charge is 2.20. The molecule has 1 saturated heterocycles. The Hall–Kier alpha value is -1.39. The van der Waals surface area contributed by atoms with Gasteiger partial charge in [-0.25, -0.2) is 4.98 Å².